The van der Waals surface area contributed by atoms with Crippen LogP contribution in [0.25, 0.3) is 0 Å². The molecule has 0 radical (unpaired) electrons. The van der Waals surface area contributed by atoms with E-state index in [0.717, 1.165) is 11.1 Å². The first kappa shape index (κ1) is 17.5. The van der Waals surface area contributed by atoms with Crippen molar-refractivity contribution >= 4 is 17.9 Å². The molecule has 0 aliphatic carbocycles. The van der Waals surface area contributed by atoms with Crippen molar-refractivity contribution in [3.8, 4) is 0 Å². The van der Waals surface area contributed by atoms with Crippen molar-refractivity contribution in [2.24, 2.45) is 0 Å². The average molecular weight is 307 g/mol. The Bertz CT molecular complexity index is 528. The van der Waals surface area contributed by atoms with Gasteiger partial charge in [-0.05, 0) is 19.4 Å². The predicted molar refractivity (Wildman–Crippen MR) is 80.7 cm³/mol. The molecule has 3 amide bonds. The van der Waals surface area contributed by atoms with Crippen LogP contribution in [-0.2, 0) is 14.3 Å². The molecule has 0 aliphatic rings. The highest BCUT2D eigenvalue weighted by molar-refractivity contribution is 5.81. The van der Waals surface area contributed by atoms with E-state index in [-0.39, 0.29) is 18.9 Å². The van der Waals surface area contributed by atoms with E-state index in [1.165, 1.54) is 6.92 Å². The Morgan fingerprint density at radius 1 is 1.14 bits per heavy atom. The van der Waals surface area contributed by atoms with Gasteiger partial charge in [0.1, 0.15) is 0 Å². The minimum absolute atomic E-state index is 0.00491. The number of carbonyl (C=O) groups is 3. The Hall–Kier alpha value is -2.57. The summed E-state index contributed by atoms with van der Waals surface area (Å²) < 4.78 is 4.63. The number of carbonyl (C=O) groups excluding carboxylic acids is 3. The summed E-state index contributed by atoms with van der Waals surface area (Å²) in [6.07, 6.45) is -0.739. The summed E-state index contributed by atoms with van der Waals surface area (Å²) in [6, 6.07) is 7.03. The van der Waals surface area contributed by atoms with Crippen LogP contribution in [0.15, 0.2) is 24.3 Å². The maximum absolute atomic E-state index is 11.9. The topological polar surface area (TPSA) is 96.5 Å². The summed E-state index contributed by atoms with van der Waals surface area (Å²) in [5, 5.41) is 2.72. The maximum atomic E-state index is 11.9. The molecule has 0 saturated carbocycles. The van der Waals surface area contributed by atoms with E-state index in [9.17, 15) is 14.4 Å². The standard InChI is InChI=1S/C15H21N3O4/c1-4-22-15(21)18-17-14(20)9-13(16-11(3)19)12-7-5-10(2)6-8-12/h5-8,13H,4,9H2,1-3H3,(H,16,19)(H,17,20)(H,18,21). The smallest absolute Gasteiger partial charge is 0.426 e. The molecule has 1 unspecified atom stereocenters. The lowest BCUT2D eigenvalue weighted by Gasteiger charge is -2.18. The number of rotatable bonds is 5. The normalized spacial score (nSPS) is 11.2. The maximum Gasteiger partial charge on any atom is 0.426 e. The van der Waals surface area contributed by atoms with Gasteiger partial charge < -0.3 is 10.1 Å². The first-order valence-corrected chi connectivity index (χ1v) is 6.97. The van der Waals surface area contributed by atoms with Gasteiger partial charge in [-0.1, -0.05) is 29.8 Å². The molecule has 7 heteroatoms. The molecule has 1 atom stereocenters. The summed E-state index contributed by atoms with van der Waals surface area (Å²) in [7, 11) is 0. The van der Waals surface area contributed by atoms with Crippen LogP contribution in [0.5, 0.6) is 0 Å². The molecule has 0 heterocycles. The van der Waals surface area contributed by atoms with E-state index in [0.29, 0.717) is 0 Å². The number of aryl methyl sites for hydroxylation is 1. The summed E-state index contributed by atoms with van der Waals surface area (Å²) in [5.74, 6) is -0.677. The second kappa shape index (κ2) is 8.66. The Kier molecular flexibility index (Phi) is 6.88. The monoisotopic (exact) mass is 307 g/mol. The fourth-order valence-corrected chi connectivity index (χ4v) is 1.82. The number of hydrogen-bond acceptors (Lipinski definition) is 4. The Morgan fingerprint density at radius 2 is 1.77 bits per heavy atom. The van der Waals surface area contributed by atoms with Gasteiger partial charge in [-0.15, -0.1) is 0 Å². The highest BCUT2D eigenvalue weighted by Gasteiger charge is 2.17. The summed E-state index contributed by atoms with van der Waals surface area (Å²) >= 11 is 0. The van der Waals surface area contributed by atoms with Gasteiger partial charge in [0.25, 0.3) is 0 Å². The van der Waals surface area contributed by atoms with Gasteiger partial charge >= 0.3 is 6.09 Å². The zero-order valence-electron chi connectivity index (χ0n) is 12.9. The van der Waals surface area contributed by atoms with E-state index >= 15 is 0 Å². The number of hydrogen-bond donors (Lipinski definition) is 3. The van der Waals surface area contributed by atoms with Crippen molar-refractivity contribution < 1.29 is 19.1 Å². The van der Waals surface area contributed by atoms with E-state index < -0.39 is 18.0 Å². The quantitative estimate of drug-likeness (QED) is 0.715. The van der Waals surface area contributed by atoms with Crippen molar-refractivity contribution in [1.29, 1.82) is 0 Å². The Labute approximate surface area is 129 Å². The summed E-state index contributed by atoms with van der Waals surface area (Å²) in [6.45, 7) is 5.20. The first-order valence-electron chi connectivity index (χ1n) is 6.97. The Morgan fingerprint density at radius 3 is 2.32 bits per heavy atom. The van der Waals surface area contributed by atoms with Gasteiger partial charge in [0.2, 0.25) is 11.8 Å². The van der Waals surface area contributed by atoms with Crippen LogP contribution in [0.3, 0.4) is 0 Å². The fourth-order valence-electron chi connectivity index (χ4n) is 1.82. The van der Waals surface area contributed by atoms with E-state index in [1.807, 2.05) is 31.2 Å². The van der Waals surface area contributed by atoms with Gasteiger partial charge in [-0.3, -0.25) is 15.0 Å². The van der Waals surface area contributed by atoms with Crippen molar-refractivity contribution in [2.75, 3.05) is 6.61 Å². The lowest BCUT2D eigenvalue weighted by Crippen LogP contribution is -2.43. The second-order valence-electron chi connectivity index (χ2n) is 4.76. The van der Waals surface area contributed by atoms with Crippen LogP contribution >= 0.6 is 0 Å². The second-order valence-corrected chi connectivity index (χ2v) is 4.76. The number of benzene rings is 1. The van der Waals surface area contributed by atoms with Crippen LogP contribution in [0, 0.1) is 6.92 Å². The molecule has 0 saturated heterocycles. The van der Waals surface area contributed by atoms with Crippen LogP contribution in [0.4, 0.5) is 4.79 Å². The molecule has 0 bridgehead atoms. The van der Waals surface area contributed by atoms with E-state index in [4.69, 9.17) is 0 Å². The summed E-state index contributed by atoms with van der Waals surface area (Å²) in [4.78, 5) is 34.2. The van der Waals surface area contributed by atoms with E-state index in [2.05, 4.69) is 20.9 Å². The molecule has 1 rings (SSSR count). The molecule has 0 aromatic heterocycles. The SMILES string of the molecule is CCOC(=O)NNC(=O)CC(NC(C)=O)c1ccc(C)cc1. The molecule has 3 N–H and O–H groups in total. The number of amides is 3. The van der Waals surface area contributed by atoms with Crippen LogP contribution < -0.4 is 16.2 Å². The molecule has 1 aromatic rings. The average Bonchev–Trinajstić information content (AvgIpc) is 2.45. The molecule has 7 nitrogen and oxygen atoms in total. The number of hydrazine groups is 1. The fraction of sp³-hybridized carbons (Fsp3) is 0.400. The van der Waals surface area contributed by atoms with Gasteiger partial charge in [-0.2, -0.15) is 0 Å². The van der Waals surface area contributed by atoms with E-state index in [1.54, 1.807) is 6.92 Å². The lowest BCUT2D eigenvalue weighted by atomic mass is 10.0. The number of nitrogens with one attached hydrogen (secondary N) is 3. The largest absolute Gasteiger partial charge is 0.449 e. The molecule has 1 aromatic carbocycles. The molecule has 0 spiro atoms. The Balaban J connectivity index is 2.65. The molecule has 22 heavy (non-hydrogen) atoms. The van der Waals surface area contributed by atoms with Crippen LogP contribution in [-0.4, -0.2) is 24.5 Å². The zero-order chi connectivity index (χ0) is 16.5. The van der Waals surface area contributed by atoms with Gasteiger partial charge in [-0.25, -0.2) is 10.2 Å². The minimum atomic E-state index is -0.734. The molecular weight excluding hydrogens is 286 g/mol. The zero-order valence-corrected chi connectivity index (χ0v) is 12.9. The predicted octanol–water partition coefficient (Wildman–Crippen LogP) is 1.34. The summed E-state index contributed by atoms with van der Waals surface area (Å²) in [5.41, 5.74) is 6.26. The van der Waals surface area contributed by atoms with Crippen LogP contribution in [0.1, 0.15) is 37.4 Å². The van der Waals surface area contributed by atoms with Crippen molar-refractivity contribution in [2.45, 2.75) is 33.2 Å². The third-order valence-corrected chi connectivity index (χ3v) is 2.83. The lowest BCUT2D eigenvalue weighted by molar-refractivity contribution is -0.123. The third-order valence-electron chi connectivity index (χ3n) is 2.83. The van der Waals surface area contributed by atoms with Crippen LogP contribution in [0.2, 0.25) is 0 Å². The van der Waals surface area contributed by atoms with Gasteiger partial charge in [0.15, 0.2) is 0 Å². The van der Waals surface area contributed by atoms with Crippen molar-refractivity contribution in [3.63, 3.8) is 0 Å². The molecule has 0 fully saturated rings. The minimum Gasteiger partial charge on any atom is -0.449 e. The van der Waals surface area contributed by atoms with Crippen molar-refractivity contribution in [1.82, 2.24) is 16.2 Å². The first-order chi connectivity index (χ1) is 10.4. The van der Waals surface area contributed by atoms with Gasteiger partial charge in [0.05, 0.1) is 19.1 Å². The molecular formula is C15H21N3O4. The number of ether oxygens (including phenoxy) is 1. The van der Waals surface area contributed by atoms with Gasteiger partial charge in [0, 0.05) is 6.92 Å². The highest BCUT2D eigenvalue weighted by atomic mass is 16.5. The molecule has 0 aliphatic heterocycles. The highest BCUT2D eigenvalue weighted by Crippen LogP contribution is 2.17. The third kappa shape index (κ3) is 6.25. The molecule has 120 valence electrons. The van der Waals surface area contributed by atoms with Crippen molar-refractivity contribution in [3.05, 3.63) is 35.4 Å².